The third kappa shape index (κ3) is 4.48. The van der Waals surface area contributed by atoms with Crippen molar-refractivity contribution in [1.82, 2.24) is 15.5 Å². The van der Waals surface area contributed by atoms with Gasteiger partial charge < -0.3 is 20.3 Å². The largest absolute Gasteiger partial charge is 0.377 e. The first-order valence-electron chi connectivity index (χ1n) is 9.02. The fourth-order valence-corrected chi connectivity index (χ4v) is 3.40. The van der Waals surface area contributed by atoms with Gasteiger partial charge in [0.1, 0.15) is 0 Å². The Morgan fingerprint density at radius 1 is 1.24 bits per heavy atom. The zero-order chi connectivity index (χ0) is 17.9. The molecule has 0 aromatic rings. The second kappa shape index (κ2) is 7.27. The zero-order valence-corrected chi connectivity index (χ0v) is 14.4. The monoisotopic (exact) mass is 355 g/mol. The Morgan fingerprint density at radius 3 is 2.64 bits per heavy atom. The number of alkyl halides is 1. The molecule has 3 rings (SSSR count). The number of halogens is 1. The minimum absolute atomic E-state index is 0.00634. The highest BCUT2D eigenvalue weighted by molar-refractivity contribution is 5.86. The molecule has 3 amide bonds. The van der Waals surface area contributed by atoms with Gasteiger partial charge in [-0.2, -0.15) is 0 Å². The van der Waals surface area contributed by atoms with Crippen LogP contribution >= 0.6 is 0 Å². The van der Waals surface area contributed by atoms with E-state index in [0.717, 1.165) is 19.3 Å². The van der Waals surface area contributed by atoms with Crippen LogP contribution in [0.1, 0.15) is 38.5 Å². The molecule has 3 aliphatic rings. The molecule has 0 bridgehead atoms. The molecular formula is C17H26FN3O4. The molecule has 7 nitrogen and oxygen atoms in total. The lowest BCUT2D eigenvalue weighted by Crippen LogP contribution is -2.45. The normalized spacial score (nSPS) is 27.4. The van der Waals surface area contributed by atoms with Gasteiger partial charge in [0.2, 0.25) is 17.5 Å². The number of hydrogen-bond acceptors (Lipinski definition) is 4. The summed E-state index contributed by atoms with van der Waals surface area (Å²) < 4.78 is 19.2. The van der Waals surface area contributed by atoms with Crippen LogP contribution < -0.4 is 10.6 Å². The topological polar surface area (TPSA) is 87.7 Å². The summed E-state index contributed by atoms with van der Waals surface area (Å²) in [6, 6.07) is 0. The van der Waals surface area contributed by atoms with Gasteiger partial charge in [-0.25, -0.2) is 4.39 Å². The molecule has 2 aliphatic heterocycles. The quantitative estimate of drug-likeness (QED) is 0.648. The van der Waals surface area contributed by atoms with Crippen molar-refractivity contribution in [3.63, 3.8) is 0 Å². The standard InChI is InChI=1S/C17H26FN3O4/c18-17(6-9-25-12-17)15(24)19-7-5-16(3-4-16)11-20-13(22)10-21-8-1-2-14(21)23/h1-12H2,(H,19,24)(H,20,22). The van der Waals surface area contributed by atoms with Crippen molar-refractivity contribution in [2.75, 3.05) is 39.4 Å². The van der Waals surface area contributed by atoms with Crippen molar-refractivity contribution in [3.05, 3.63) is 0 Å². The molecule has 0 aromatic carbocycles. The average Bonchev–Trinajstić information content (AvgIpc) is 3.02. The number of nitrogens with one attached hydrogen (secondary N) is 2. The van der Waals surface area contributed by atoms with Gasteiger partial charge in [0.15, 0.2) is 0 Å². The van der Waals surface area contributed by atoms with Crippen LogP contribution in [0.3, 0.4) is 0 Å². The highest BCUT2D eigenvalue weighted by Gasteiger charge is 2.44. The van der Waals surface area contributed by atoms with E-state index in [-0.39, 0.29) is 43.4 Å². The zero-order valence-electron chi connectivity index (χ0n) is 14.4. The van der Waals surface area contributed by atoms with E-state index in [9.17, 15) is 18.8 Å². The third-order valence-corrected chi connectivity index (χ3v) is 5.44. The Labute approximate surface area is 146 Å². The van der Waals surface area contributed by atoms with E-state index in [1.807, 2.05) is 0 Å². The Balaban J connectivity index is 1.34. The number of nitrogens with zero attached hydrogens (tertiary/aromatic N) is 1. The van der Waals surface area contributed by atoms with E-state index in [1.165, 1.54) is 0 Å². The molecule has 1 unspecified atom stereocenters. The van der Waals surface area contributed by atoms with Crippen molar-refractivity contribution in [1.29, 1.82) is 0 Å². The number of ether oxygens (including phenoxy) is 1. The number of hydrogen-bond donors (Lipinski definition) is 2. The lowest BCUT2D eigenvalue weighted by Gasteiger charge is -2.20. The van der Waals surface area contributed by atoms with E-state index in [2.05, 4.69) is 10.6 Å². The molecule has 2 saturated heterocycles. The van der Waals surface area contributed by atoms with E-state index >= 15 is 0 Å². The van der Waals surface area contributed by atoms with Crippen molar-refractivity contribution < 1.29 is 23.5 Å². The van der Waals surface area contributed by atoms with Gasteiger partial charge in [-0.1, -0.05) is 0 Å². The summed E-state index contributed by atoms with van der Waals surface area (Å²) in [5, 5.41) is 5.55. The summed E-state index contributed by atoms with van der Waals surface area (Å²) >= 11 is 0. The maximum absolute atomic E-state index is 14.2. The van der Waals surface area contributed by atoms with Crippen molar-refractivity contribution in [2.24, 2.45) is 5.41 Å². The van der Waals surface area contributed by atoms with Gasteiger partial charge in [0.05, 0.1) is 19.8 Å². The lowest BCUT2D eigenvalue weighted by atomic mass is 10.0. The molecule has 2 heterocycles. The van der Waals surface area contributed by atoms with E-state index < -0.39 is 11.6 Å². The van der Waals surface area contributed by atoms with Crippen LogP contribution in [0.15, 0.2) is 0 Å². The van der Waals surface area contributed by atoms with Crippen LogP contribution in [0, 0.1) is 5.41 Å². The first kappa shape index (κ1) is 18.1. The molecule has 1 atom stereocenters. The Hall–Kier alpha value is -1.70. The van der Waals surface area contributed by atoms with E-state index in [0.29, 0.717) is 32.5 Å². The van der Waals surface area contributed by atoms with Crippen LogP contribution in [0.4, 0.5) is 4.39 Å². The van der Waals surface area contributed by atoms with E-state index in [4.69, 9.17) is 4.74 Å². The van der Waals surface area contributed by atoms with Gasteiger partial charge in [-0.05, 0) is 31.1 Å². The van der Waals surface area contributed by atoms with Gasteiger partial charge in [0, 0.05) is 32.5 Å². The molecule has 0 radical (unpaired) electrons. The summed E-state index contributed by atoms with van der Waals surface area (Å²) in [5.74, 6) is -0.705. The summed E-state index contributed by atoms with van der Waals surface area (Å²) in [6.45, 7) is 1.81. The Morgan fingerprint density at radius 2 is 2.04 bits per heavy atom. The molecule has 1 aliphatic carbocycles. The highest BCUT2D eigenvalue weighted by Crippen LogP contribution is 2.47. The fourth-order valence-electron chi connectivity index (χ4n) is 3.40. The number of likely N-dealkylation sites (tertiary alicyclic amines) is 1. The maximum Gasteiger partial charge on any atom is 0.260 e. The molecular weight excluding hydrogens is 329 g/mol. The van der Waals surface area contributed by atoms with Crippen LogP contribution in [-0.2, 0) is 19.1 Å². The summed E-state index contributed by atoms with van der Waals surface area (Å²) in [7, 11) is 0. The molecule has 1 saturated carbocycles. The van der Waals surface area contributed by atoms with Crippen molar-refractivity contribution in [2.45, 2.75) is 44.2 Å². The van der Waals surface area contributed by atoms with Crippen molar-refractivity contribution in [3.8, 4) is 0 Å². The molecule has 25 heavy (non-hydrogen) atoms. The van der Waals surface area contributed by atoms with Gasteiger partial charge in [-0.3, -0.25) is 14.4 Å². The minimum Gasteiger partial charge on any atom is -0.377 e. The number of amides is 3. The predicted molar refractivity (Wildman–Crippen MR) is 87.4 cm³/mol. The summed E-state index contributed by atoms with van der Waals surface area (Å²) in [6.07, 6.45) is 4.12. The highest BCUT2D eigenvalue weighted by atomic mass is 19.1. The molecule has 140 valence electrons. The maximum atomic E-state index is 14.2. The fraction of sp³-hybridized carbons (Fsp3) is 0.824. The van der Waals surface area contributed by atoms with Gasteiger partial charge in [-0.15, -0.1) is 0 Å². The molecule has 0 spiro atoms. The minimum atomic E-state index is -1.90. The second-order valence-electron chi connectivity index (χ2n) is 7.47. The molecule has 2 N–H and O–H groups in total. The average molecular weight is 355 g/mol. The first-order chi connectivity index (χ1) is 11.9. The molecule has 0 aromatic heterocycles. The SMILES string of the molecule is O=C(CN1CCCC1=O)NCC1(CCNC(=O)C2(F)CCOC2)CC1. The molecule has 8 heteroatoms. The van der Waals surface area contributed by atoms with Crippen LogP contribution in [0.5, 0.6) is 0 Å². The van der Waals surface area contributed by atoms with Crippen molar-refractivity contribution >= 4 is 17.7 Å². The smallest absolute Gasteiger partial charge is 0.260 e. The Bertz CT molecular complexity index is 544. The number of carbonyl (C=O) groups is 3. The van der Waals surface area contributed by atoms with Crippen LogP contribution in [0.2, 0.25) is 0 Å². The van der Waals surface area contributed by atoms with Gasteiger partial charge in [0.25, 0.3) is 5.91 Å². The summed E-state index contributed by atoms with van der Waals surface area (Å²) in [4.78, 5) is 37.0. The summed E-state index contributed by atoms with van der Waals surface area (Å²) in [5.41, 5.74) is -1.90. The van der Waals surface area contributed by atoms with E-state index in [1.54, 1.807) is 4.90 Å². The number of rotatable bonds is 8. The Kier molecular flexibility index (Phi) is 5.27. The second-order valence-corrected chi connectivity index (χ2v) is 7.47. The molecule has 3 fully saturated rings. The lowest BCUT2D eigenvalue weighted by molar-refractivity contribution is -0.133. The van der Waals surface area contributed by atoms with Crippen LogP contribution in [-0.4, -0.2) is 67.7 Å². The third-order valence-electron chi connectivity index (χ3n) is 5.44. The van der Waals surface area contributed by atoms with Crippen LogP contribution in [0.25, 0.3) is 0 Å². The first-order valence-corrected chi connectivity index (χ1v) is 9.02. The number of carbonyl (C=O) groups excluding carboxylic acids is 3. The predicted octanol–water partition coefficient (Wildman–Crippen LogP) is 0.140. The van der Waals surface area contributed by atoms with Gasteiger partial charge >= 0.3 is 0 Å².